The standard InChI is InChI=1S/C24H25ClFN5O4/c1-11(2)19(24-27-13(4)30-35-24)29-23(34)21(32)20-18(25)17(16-6-5-9-31(16)20)22(33)28-14-7-8-15(26)12(3)10-14/h7-8,10-11,19H,5-6,9H2,1-4H3,(H,28,33)(H,29,34)/t19-/m1/s1. The van der Waals surface area contributed by atoms with E-state index in [0.717, 1.165) is 0 Å². The second kappa shape index (κ2) is 9.61. The van der Waals surface area contributed by atoms with Gasteiger partial charge in [0.1, 0.15) is 17.6 Å². The molecule has 2 aromatic heterocycles. The van der Waals surface area contributed by atoms with E-state index in [9.17, 15) is 18.8 Å². The normalized spacial score (nSPS) is 13.6. The zero-order chi connectivity index (χ0) is 25.4. The minimum Gasteiger partial charge on any atom is -0.340 e. The number of anilines is 1. The van der Waals surface area contributed by atoms with Crippen LogP contribution in [0.2, 0.25) is 5.02 Å². The fourth-order valence-electron chi connectivity index (χ4n) is 4.18. The van der Waals surface area contributed by atoms with Gasteiger partial charge in [-0.1, -0.05) is 30.6 Å². The molecule has 0 saturated carbocycles. The Morgan fingerprint density at radius 2 is 1.97 bits per heavy atom. The first-order valence-electron chi connectivity index (χ1n) is 11.2. The SMILES string of the molecule is Cc1noc([C@H](NC(=O)C(=O)c2c(Cl)c(C(=O)Nc3ccc(F)c(C)c3)c3n2CCC3)C(C)C)n1. The van der Waals surface area contributed by atoms with Crippen LogP contribution in [0.3, 0.4) is 0 Å². The molecule has 1 atom stereocenters. The van der Waals surface area contributed by atoms with E-state index in [2.05, 4.69) is 20.8 Å². The lowest BCUT2D eigenvalue weighted by Crippen LogP contribution is -2.37. The molecule has 0 spiro atoms. The van der Waals surface area contributed by atoms with E-state index in [0.29, 0.717) is 42.2 Å². The van der Waals surface area contributed by atoms with Crippen LogP contribution in [0.4, 0.5) is 10.1 Å². The lowest BCUT2D eigenvalue weighted by atomic mass is 10.0. The van der Waals surface area contributed by atoms with Crippen molar-refractivity contribution in [1.29, 1.82) is 0 Å². The number of aromatic nitrogens is 3. The van der Waals surface area contributed by atoms with Crippen molar-refractivity contribution < 1.29 is 23.3 Å². The molecule has 11 heteroatoms. The van der Waals surface area contributed by atoms with Gasteiger partial charge < -0.3 is 19.7 Å². The number of ketones is 1. The summed E-state index contributed by atoms with van der Waals surface area (Å²) in [7, 11) is 0. The molecule has 2 amide bonds. The number of aryl methyl sites for hydroxylation is 2. The third-order valence-corrected chi connectivity index (χ3v) is 6.30. The first kappa shape index (κ1) is 24.6. The highest BCUT2D eigenvalue weighted by Gasteiger charge is 2.36. The average molecular weight is 502 g/mol. The van der Waals surface area contributed by atoms with E-state index in [4.69, 9.17) is 16.1 Å². The summed E-state index contributed by atoms with van der Waals surface area (Å²) in [5.74, 6) is -2.22. The Morgan fingerprint density at radius 1 is 1.23 bits per heavy atom. The number of Topliss-reactive ketones (excluding diaryl/α,β-unsaturated/α-hetero) is 1. The maximum atomic E-state index is 13.6. The number of nitrogens with one attached hydrogen (secondary N) is 2. The molecule has 0 radical (unpaired) electrons. The van der Waals surface area contributed by atoms with Crippen molar-refractivity contribution in [3.63, 3.8) is 0 Å². The van der Waals surface area contributed by atoms with Crippen molar-refractivity contribution in [2.24, 2.45) is 5.92 Å². The summed E-state index contributed by atoms with van der Waals surface area (Å²) in [5, 5.41) is 9.02. The predicted octanol–water partition coefficient (Wildman–Crippen LogP) is 4.18. The van der Waals surface area contributed by atoms with Crippen LogP contribution in [0, 0.1) is 25.6 Å². The Balaban J connectivity index is 1.62. The fourth-order valence-corrected chi connectivity index (χ4v) is 4.56. The molecule has 1 aliphatic rings. The molecule has 1 aromatic carbocycles. The molecule has 184 valence electrons. The lowest BCUT2D eigenvalue weighted by molar-refractivity contribution is -0.118. The van der Waals surface area contributed by atoms with Gasteiger partial charge in [0.2, 0.25) is 5.89 Å². The summed E-state index contributed by atoms with van der Waals surface area (Å²) in [5.41, 5.74) is 1.44. The maximum absolute atomic E-state index is 13.6. The Bertz CT molecular complexity index is 1330. The van der Waals surface area contributed by atoms with Crippen molar-refractivity contribution >= 4 is 34.9 Å². The second-order valence-electron chi connectivity index (χ2n) is 8.86. The number of carbonyl (C=O) groups is 3. The number of halogens is 2. The highest BCUT2D eigenvalue weighted by Crippen LogP contribution is 2.34. The molecule has 4 rings (SSSR count). The Kier molecular flexibility index (Phi) is 6.75. The molecule has 1 aliphatic heterocycles. The number of amides is 2. The number of hydrogen-bond donors (Lipinski definition) is 2. The molecule has 35 heavy (non-hydrogen) atoms. The van der Waals surface area contributed by atoms with Crippen LogP contribution in [0.5, 0.6) is 0 Å². The quantitative estimate of drug-likeness (QED) is 0.370. The van der Waals surface area contributed by atoms with Crippen molar-refractivity contribution in [1.82, 2.24) is 20.0 Å². The number of hydrogen-bond acceptors (Lipinski definition) is 6. The van der Waals surface area contributed by atoms with Gasteiger partial charge in [-0.3, -0.25) is 14.4 Å². The van der Waals surface area contributed by atoms with Gasteiger partial charge in [-0.25, -0.2) is 4.39 Å². The van der Waals surface area contributed by atoms with Crippen molar-refractivity contribution in [3.05, 3.63) is 63.3 Å². The number of rotatable bonds is 7. The summed E-state index contributed by atoms with van der Waals surface area (Å²) in [6, 6.07) is 3.52. The molecule has 9 nitrogen and oxygen atoms in total. The zero-order valence-electron chi connectivity index (χ0n) is 19.7. The summed E-state index contributed by atoms with van der Waals surface area (Å²) in [4.78, 5) is 43.5. The summed E-state index contributed by atoms with van der Waals surface area (Å²) < 4.78 is 20.4. The van der Waals surface area contributed by atoms with Crippen LogP contribution < -0.4 is 10.6 Å². The predicted molar refractivity (Wildman–Crippen MR) is 126 cm³/mol. The van der Waals surface area contributed by atoms with Crippen molar-refractivity contribution in [2.75, 3.05) is 5.32 Å². The number of carbonyl (C=O) groups excluding carboxylic acids is 3. The van der Waals surface area contributed by atoms with Crippen LogP contribution >= 0.6 is 11.6 Å². The maximum Gasteiger partial charge on any atom is 0.294 e. The summed E-state index contributed by atoms with van der Waals surface area (Å²) >= 11 is 6.54. The van der Waals surface area contributed by atoms with E-state index < -0.39 is 23.6 Å². The minimum absolute atomic E-state index is 0.0404. The van der Waals surface area contributed by atoms with Crippen LogP contribution in [-0.4, -0.2) is 32.3 Å². The van der Waals surface area contributed by atoms with Gasteiger partial charge in [-0.2, -0.15) is 4.98 Å². The zero-order valence-corrected chi connectivity index (χ0v) is 20.5. The molecule has 0 bridgehead atoms. The van der Waals surface area contributed by atoms with Crippen LogP contribution in [0.1, 0.15) is 70.1 Å². The Morgan fingerprint density at radius 3 is 2.60 bits per heavy atom. The van der Waals surface area contributed by atoms with Gasteiger partial charge in [-0.05, 0) is 56.4 Å². The molecule has 0 unspecified atom stereocenters. The van der Waals surface area contributed by atoms with Gasteiger partial charge in [0.15, 0.2) is 5.82 Å². The number of fused-ring (bicyclic) bond motifs is 1. The third kappa shape index (κ3) is 4.70. The molecular formula is C24H25ClFN5O4. The number of nitrogens with zero attached hydrogens (tertiary/aromatic N) is 3. The third-order valence-electron chi connectivity index (χ3n) is 5.93. The summed E-state index contributed by atoms with van der Waals surface area (Å²) in [6.07, 6.45) is 1.22. The molecule has 2 N–H and O–H groups in total. The topological polar surface area (TPSA) is 119 Å². The molecule has 0 saturated heterocycles. The van der Waals surface area contributed by atoms with E-state index in [1.54, 1.807) is 18.4 Å². The van der Waals surface area contributed by atoms with Crippen molar-refractivity contribution in [2.45, 2.75) is 53.1 Å². The smallest absolute Gasteiger partial charge is 0.294 e. The van der Waals surface area contributed by atoms with E-state index >= 15 is 0 Å². The van der Waals surface area contributed by atoms with Gasteiger partial charge in [0, 0.05) is 17.9 Å². The first-order valence-corrected chi connectivity index (χ1v) is 11.6. The minimum atomic E-state index is -0.894. The van der Waals surface area contributed by atoms with Crippen molar-refractivity contribution in [3.8, 4) is 0 Å². The highest BCUT2D eigenvalue weighted by atomic mass is 35.5. The average Bonchev–Trinajstić information content (AvgIpc) is 3.49. The highest BCUT2D eigenvalue weighted by molar-refractivity contribution is 6.48. The van der Waals surface area contributed by atoms with Crippen LogP contribution in [0.15, 0.2) is 22.7 Å². The molecule has 0 fully saturated rings. The Hall–Kier alpha value is -3.53. The second-order valence-corrected chi connectivity index (χ2v) is 9.24. The molecule has 0 aliphatic carbocycles. The first-order chi connectivity index (χ1) is 16.6. The molecule has 3 heterocycles. The number of benzene rings is 1. The largest absolute Gasteiger partial charge is 0.340 e. The van der Waals surface area contributed by atoms with Crippen LogP contribution in [0.25, 0.3) is 0 Å². The molecule has 3 aromatic rings. The van der Waals surface area contributed by atoms with E-state index in [-0.39, 0.29) is 33.9 Å². The Labute approximate surface area is 206 Å². The van der Waals surface area contributed by atoms with Gasteiger partial charge in [0.05, 0.1) is 10.6 Å². The summed E-state index contributed by atoms with van der Waals surface area (Å²) in [6.45, 7) is 7.38. The monoisotopic (exact) mass is 501 g/mol. The van der Waals surface area contributed by atoms with Gasteiger partial charge in [0.25, 0.3) is 17.6 Å². The van der Waals surface area contributed by atoms with Crippen LogP contribution in [-0.2, 0) is 17.8 Å². The lowest BCUT2D eigenvalue weighted by Gasteiger charge is -2.18. The van der Waals surface area contributed by atoms with Gasteiger partial charge in [-0.15, -0.1) is 0 Å². The van der Waals surface area contributed by atoms with Gasteiger partial charge >= 0.3 is 0 Å². The fraction of sp³-hybridized carbons (Fsp3) is 0.375. The van der Waals surface area contributed by atoms with E-state index in [1.807, 2.05) is 13.8 Å². The van der Waals surface area contributed by atoms with E-state index in [1.165, 1.54) is 18.2 Å². The molecular weight excluding hydrogens is 477 g/mol.